The van der Waals surface area contributed by atoms with Gasteiger partial charge in [0.05, 0.1) is 10.6 Å². The van der Waals surface area contributed by atoms with E-state index in [2.05, 4.69) is 4.72 Å². The van der Waals surface area contributed by atoms with Gasteiger partial charge in [0.25, 0.3) is 10.0 Å². The number of hydrogen-bond acceptors (Lipinski definition) is 6. The van der Waals surface area contributed by atoms with E-state index >= 15 is 0 Å². The molecule has 24 heavy (non-hydrogen) atoms. The van der Waals surface area contributed by atoms with Gasteiger partial charge in [-0.25, -0.2) is 13.1 Å². The number of fused-ring (bicyclic) bond motifs is 1. The maximum Gasteiger partial charge on any atom is 0.264 e. The fourth-order valence-electron chi connectivity index (χ4n) is 2.10. The predicted octanol–water partition coefficient (Wildman–Crippen LogP) is 2.05. The van der Waals surface area contributed by atoms with E-state index < -0.39 is 15.9 Å². The van der Waals surface area contributed by atoms with Crippen LogP contribution in [0.4, 0.5) is 0 Å². The molecule has 0 saturated heterocycles. The number of nitrogens with one attached hydrogen (secondary N) is 1. The minimum atomic E-state index is -3.84. The molecule has 0 radical (unpaired) electrons. The number of sulfonamides is 1. The molecule has 0 bridgehead atoms. The van der Waals surface area contributed by atoms with Crippen molar-refractivity contribution < 1.29 is 22.7 Å². The second kappa shape index (κ2) is 7.14. The molecule has 1 amide bonds. The Labute approximate surface area is 144 Å². The second-order valence-corrected chi connectivity index (χ2v) is 7.67. The maximum absolute atomic E-state index is 12.1. The summed E-state index contributed by atoms with van der Waals surface area (Å²) >= 11 is 1.23. The van der Waals surface area contributed by atoms with Gasteiger partial charge in [-0.1, -0.05) is 18.2 Å². The highest BCUT2D eigenvalue weighted by molar-refractivity contribution is 8.00. The lowest BCUT2D eigenvalue weighted by Gasteiger charge is -2.18. The van der Waals surface area contributed by atoms with Crippen LogP contribution in [-0.2, 0) is 14.8 Å². The Kier molecular flexibility index (Phi) is 4.96. The third-order valence-corrected chi connectivity index (χ3v) is 5.57. The highest BCUT2D eigenvalue weighted by atomic mass is 32.2. The first kappa shape index (κ1) is 16.7. The van der Waals surface area contributed by atoms with Crippen LogP contribution < -0.4 is 14.2 Å². The monoisotopic (exact) mass is 365 g/mol. The van der Waals surface area contributed by atoms with Gasteiger partial charge >= 0.3 is 0 Å². The lowest BCUT2D eigenvalue weighted by atomic mass is 10.3. The van der Waals surface area contributed by atoms with Crippen LogP contribution >= 0.6 is 11.8 Å². The minimum Gasteiger partial charge on any atom is -0.486 e. The summed E-state index contributed by atoms with van der Waals surface area (Å²) in [5, 5.41) is 0. The Morgan fingerprint density at radius 2 is 1.75 bits per heavy atom. The number of hydrogen-bond donors (Lipinski definition) is 1. The first-order valence-corrected chi connectivity index (χ1v) is 9.65. The zero-order valence-corrected chi connectivity index (χ0v) is 14.2. The summed E-state index contributed by atoms with van der Waals surface area (Å²) < 4.78 is 37.1. The van der Waals surface area contributed by atoms with Crippen molar-refractivity contribution in [3.8, 4) is 11.5 Å². The molecule has 0 atom stereocenters. The first-order valence-electron chi connectivity index (χ1n) is 7.18. The van der Waals surface area contributed by atoms with Gasteiger partial charge in [0.2, 0.25) is 5.91 Å². The zero-order valence-electron chi connectivity index (χ0n) is 12.6. The highest BCUT2D eigenvalue weighted by Gasteiger charge is 2.18. The van der Waals surface area contributed by atoms with E-state index in [1.54, 1.807) is 36.4 Å². The van der Waals surface area contributed by atoms with E-state index in [0.717, 1.165) is 4.90 Å². The van der Waals surface area contributed by atoms with Gasteiger partial charge in [0.1, 0.15) is 13.2 Å². The van der Waals surface area contributed by atoms with E-state index in [0.29, 0.717) is 24.7 Å². The van der Waals surface area contributed by atoms with Crippen LogP contribution in [0.3, 0.4) is 0 Å². The van der Waals surface area contributed by atoms with E-state index in [4.69, 9.17) is 9.47 Å². The lowest BCUT2D eigenvalue weighted by Crippen LogP contribution is -2.31. The molecule has 1 heterocycles. The van der Waals surface area contributed by atoms with Crippen LogP contribution in [0.5, 0.6) is 11.5 Å². The van der Waals surface area contributed by atoms with Crippen molar-refractivity contribution in [2.75, 3.05) is 19.0 Å². The molecule has 0 unspecified atom stereocenters. The molecule has 1 N–H and O–H groups in total. The third kappa shape index (κ3) is 4.01. The fraction of sp³-hybridized carbons (Fsp3) is 0.188. The van der Waals surface area contributed by atoms with Gasteiger partial charge in [-0.05, 0) is 30.3 Å². The number of carbonyl (C=O) groups is 1. The van der Waals surface area contributed by atoms with Crippen molar-refractivity contribution in [3.63, 3.8) is 0 Å². The SMILES string of the molecule is O=C(CSc1ccc2c(c1)OCCO2)NS(=O)(=O)c1ccccc1. The Morgan fingerprint density at radius 3 is 2.50 bits per heavy atom. The largest absolute Gasteiger partial charge is 0.486 e. The molecule has 1 aliphatic rings. The standard InChI is InChI=1S/C16H15NO5S2/c18-16(17-24(19,20)13-4-2-1-3-5-13)11-23-12-6-7-14-15(10-12)22-9-8-21-14/h1-7,10H,8-9,11H2,(H,17,18). The van der Waals surface area contributed by atoms with Gasteiger partial charge in [-0.3, -0.25) is 4.79 Å². The van der Waals surface area contributed by atoms with Crippen LogP contribution in [-0.4, -0.2) is 33.3 Å². The molecule has 6 nitrogen and oxygen atoms in total. The molecule has 1 aliphatic heterocycles. The second-order valence-electron chi connectivity index (χ2n) is 4.94. The van der Waals surface area contributed by atoms with Gasteiger partial charge in [0, 0.05) is 4.90 Å². The number of carbonyl (C=O) groups excluding carboxylic acids is 1. The molecule has 0 saturated carbocycles. The summed E-state index contributed by atoms with van der Waals surface area (Å²) in [4.78, 5) is 12.8. The van der Waals surface area contributed by atoms with Crippen molar-refractivity contribution in [2.24, 2.45) is 0 Å². The van der Waals surface area contributed by atoms with Crippen molar-refractivity contribution >= 4 is 27.7 Å². The Hall–Kier alpha value is -2.19. The van der Waals surface area contributed by atoms with Gasteiger partial charge in [0.15, 0.2) is 11.5 Å². The summed E-state index contributed by atoms with van der Waals surface area (Å²) in [6.45, 7) is 0.996. The number of rotatable bonds is 5. The summed E-state index contributed by atoms with van der Waals surface area (Å²) in [5.41, 5.74) is 0. The molecular weight excluding hydrogens is 350 g/mol. The number of ether oxygens (including phenoxy) is 2. The maximum atomic E-state index is 12.1. The summed E-state index contributed by atoms with van der Waals surface area (Å²) in [6, 6.07) is 13.1. The molecule has 0 spiro atoms. The van der Waals surface area contributed by atoms with Gasteiger partial charge in [-0.15, -0.1) is 11.8 Å². The topological polar surface area (TPSA) is 81.7 Å². The molecular formula is C16H15NO5S2. The first-order chi connectivity index (χ1) is 11.5. The predicted molar refractivity (Wildman–Crippen MR) is 89.9 cm³/mol. The smallest absolute Gasteiger partial charge is 0.264 e. The number of thioether (sulfide) groups is 1. The van der Waals surface area contributed by atoms with Crippen molar-refractivity contribution in [3.05, 3.63) is 48.5 Å². The quantitative estimate of drug-likeness (QED) is 0.817. The average Bonchev–Trinajstić information content (AvgIpc) is 2.60. The Bertz CT molecular complexity index is 837. The van der Waals surface area contributed by atoms with Crippen LogP contribution in [0.2, 0.25) is 0 Å². The van der Waals surface area contributed by atoms with Crippen molar-refractivity contribution in [1.82, 2.24) is 4.72 Å². The molecule has 2 aromatic carbocycles. The number of benzene rings is 2. The number of amides is 1. The molecule has 0 aromatic heterocycles. The van der Waals surface area contributed by atoms with Gasteiger partial charge < -0.3 is 9.47 Å². The summed E-state index contributed by atoms with van der Waals surface area (Å²) in [6.07, 6.45) is 0. The van der Waals surface area contributed by atoms with E-state index in [-0.39, 0.29) is 10.6 Å². The van der Waals surface area contributed by atoms with Crippen molar-refractivity contribution in [1.29, 1.82) is 0 Å². The van der Waals surface area contributed by atoms with Gasteiger partial charge in [-0.2, -0.15) is 0 Å². The van der Waals surface area contributed by atoms with E-state index in [1.807, 2.05) is 0 Å². The normalized spacial score (nSPS) is 13.3. The Balaban J connectivity index is 1.60. The zero-order chi connectivity index (χ0) is 17.0. The molecule has 126 valence electrons. The summed E-state index contributed by atoms with van der Waals surface area (Å²) in [5.74, 6) is 0.690. The van der Waals surface area contributed by atoms with Crippen LogP contribution in [0, 0.1) is 0 Å². The van der Waals surface area contributed by atoms with E-state index in [1.165, 1.54) is 23.9 Å². The van der Waals surface area contributed by atoms with Crippen LogP contribution in [0.25, 0.3) is 0 Å². The van der Waals surface area contributed by atoms with E-state index in [9.17, 15) is 13.2 Å². The molecule has 3 rings (SSSR count). The van der Waals surface area contributed by atoms with Crippen LogP contribution in [0.1, 0.15) is 0 Å². The lowest BCUT2D eigenvalue weighted by molar-refractivity contribution is -0.116. The molecule has 0 fully saturated rings. The Morgan fingerprint density at radius 1 is 1.04 bits per heavy atom. The highest BCUT2D eigenvalue weighted by Crippen LogP contribution is 2.34. The molecule has 0 aliphatic carbocycles. The minimum absolute atomic E-state index is 0.0221. The average molecular weight is 365 g/mol. The third-order valence-electron chi connectivity index (χ3n) is 3.19. The summed E-state index contributed by atoms with van der Waals surface area (Å²) in [7, 11) is -3.84. The molecule has 2 aromatic rings. The van der Waals surface area contributed by atoms with Crippen molar-refractivity contribution in [2.45, 2.75) is 9.79 Å². The molecule has 8 heteroatoms. The fourth-order valence-corrected chi connectivity index (χ4v) is 3.92. The van der Waals surface area contributed by atoms with Crippen LogP contribution in [0.15, 0.2) is 58.3 Å².